The fourth-order valence-electron chi connectivity index (χ4n) is 2.56. The van der Waals surface area contributed by atoms with Crippen molar-refractivity contribution in [3.8, 4) is 11.9 Å². The van der Waals surface area contributed by atoms with Gasteiger partial charge in [0.15, 0.2) is 10.6 Å². The van der Waals surface area contributed by atoms with Crippen LogP contribution in [0.3, 0.4) is 0 Å². The molecule has 0 fully saturated rings. The highest BCUT2D eigenvalue weighted by Gasteiger charge is 2.19. The van der Waals surface area contributed by atoms with Gasteiger partial charge in [-0.05, 0) is 23.6 Å². The lowest BCUT2D eigenvalue weighted by Gasteiger charge is -2.14. The molecule has 9 heteroatoms. The molecule has 0 atom stereocenters. The summed E-state index contributed by atoms with van der Waals surface area (Å²) in [5.41, 5.74) is 3.28. The second-order valence-corrected chi connectivity index (χ2v) is 9.39. The van der Waals surface area contributed by atoms with Gasteiger partial charge in [-0.15, -0.1) is 22.7 Å². The summed E-state index contributed by atoms with van der Waals surface area (Å²) >= 11 is 9.28. The zero-order valence-electron chi connectivity index (χ0n) is 16.5. The normalized spacial score (nSPS) is 12.8. The van der Waals surface area contributed by atoms with E-state index in [-0.39, 0.29) is 11.3 Å². The van der Waals surface area contributed by atoms with Crippen LogP contribution in [0.25, 0.3) is 0 Å². The minimum Gasteiger partial charge on any atom is -0.496 e. The predicted octanol–water partition coefficient (Wildman–Crippen LogP) is 4.84. The maximum Gasteiger partial charge on any atom is 0.207 e. The number of nitrogens with zero attached hydrogens (tertiary/aromatic N) is 5. The van der Waals surface area contributed by atoms with Crippen molar-refractivity contribution in [2.45, 2.75) is 32.7 Å². The van der Waals surface area contributed by atoms with Crippen LogP contribution in [0.4, 0.5) is 0 Å². The molecule has 0 aliphatic carbocycles. The van der Waals surface area contributed by atoms with E-state index in [2.05, 4.69) is 36.9 Å². The van der Waals surface area contributed by atoms with Gasteiger partial charge in [-0.3, -0.25) is 0 Å². The second-order valence-electron chi connectivity index (χ2n) is 7.23. The molecule has 150 valence electrons. The van der Waals surface area contributed by atoms with E-state index < -0.39 is 0 Å². The first-order chi connectivity index (χ1) is 13.8. The monoisotopic (exact) mass is 445 g/mol. The van der Waals surface area contributed by atoms with Gasteiger partial charge >= 0.3 is 0 Å². The molecular weight excluding hydrogens is 426 g/mol. The Balaban J connectivity index is 2.18. The number of aliphatic imine (C=N–C) groups is 1. The molecule has 0 N–H and O–H groups in total. The van der Waals surface area contributed by atoms with Gasteiger partial charge in [-0.2, -0.15) is 15.2 Å². The third kappa shape index (κ3) is 5.12. The average Bonchev–Trinajstić information content (AvgIpc) is 3.32. The van der Waals surface area contributed by atoms with Crippen molar-refractivity contribution in [3.63, 3.8) is 0 Å². The molecule has 0 aliphatic heterocycles. The molecule has 0 radical (unpaired) electrons. The third-order valence-corrected chi connectivity index (χ3v) is 6.35. The molecule has 3 aromatic rings. The Morgan fingerprint density at radius 3 is 2.79 bits per heavy atom. The van der Waals surface area contributed by atoms with Gasteiger partial charge in [0, 0.05) is 21.5 Å². The highest BCUT2D eigenvalue weighted by molar-refractivity contribution is 7.09. The van der Waals surface area contributed by atoms with Gasteiger partial charge in [-0.1, -0.05) is 32.4 Å². The molecule has 29 heavy (non-hydrogen) atoms. The van der Waals surface area contributed by atoms with E-state index in [0.717, 1.165) is 10.5 Å². The maximum atomic E-state index is 9.24. The summed E-state index contributed by atoms with van der Waals surface area (Å²) < 4.78 is 7.45. The molecule has 0 unspecified atom stereocenters. The number of halogens is 1. The molecule has 0 saturated heterocycles. The van der Waals surface area contributed by atoms with Gasteiger partial charge in [0.05, 0.1) is 30.4 Å². The lowest BCUT2D eigenvalue weighted by atomic mass is 9.95. The first-order valence-corrected chi connectivity index (χ1v) is 10.9. The van der Waals surface area contributed by atoms with Crippen LogP contribution < -0.4 is 9.54 Å². The van der Waals surface area contributed by atoms with Crippen molar-refractivity contribution in [3.05, 3.63) is 61.2 Å². The Bertz CT molecular complexity index is 1130. The lowest BCUT2D eigenvalue weighted by molar-refractivity contribution is 0.414. The fourth-order valence-corrected chi connectivity index (χ4v) is 4.33. The molecule has 2 heterocycles. The van der Waals surface area contributed by atoms with E-state index in [1.54, 1.807) is 48.0 Å². The summed E-state index contributed by atoms with van der Waals surface area (Å²) in [5, 5.41) is 11.8. The number of rotatable bonds is 4. The third-order valence-electron chi connectivity index (χ3n) is 4.03. The minimum absolute atomic E-state index is 0.0391. The Hall–Kier alpha value is -2.47. The number of thiazole rings is 2. The van der Waals surface area contributed by atoms with Crippen molar-refractivity contribution in [1.29, 1.82) is 5.26 Å². The number of nitriles is 1. The van der Waals surface area contributed by atoms with Crippen LogP contribution in [0.5, 0.6) is 5.75 Å². The molecule has 0 spiro atoms. The largest absolute Gasteiger partial charge is 0.496 e. The smallest absolute Gasteiger partial charge is 0.207 e. The zero-order chi connectivity index (χ0) is 21.0. The summed E-state index contributed by atoms with van der Waals surface area (Å²) in [5.74, 6) is 0.798. The highest BCUT2D eigenvalue weighted by Crippen LogP contribution is 2.26. The van der Waals surface area contributed by atoms with Crippen molar-refractivity contribution < 1.29 is 4.74 Å². The molecule has 0 amide bonds. The summed E-state index contributed by atoms with van der Waals surface area (Å²) in [4.78, 5) is 14.9. The molecule has 1 aromatic carbocycles. The van der Waals surface area contributed by atoms with Crippen LogP contribution in [0.15, 0.2) is 45.3 Å². The van der Waals surface area contributed by atoms with Gasteiger partial charge in [0.25, 0.3) is 0 Å². The van der Waals surface area contributed by atoms with Gasteiger partial charge < -0.3 is 9.30 Å². The molecule has 0 bridgehead atoms. The van der Waals surface area contributed by atoms with Crippen LogP contribution in [-0.4, -0.2) is 22.5 Å². The van der Waals surface area contributed by atoms with Crippen LogP contribution in [0.1, 0.15) is 36.9 Å². The highest BCUT2D eigenvalue weighted by atomic mass is 35.5. The van der Waals surface area contributed by atoms with Crippen LogP contribution in [-0.2, 0) is 12.0 Å². The molecule has 0 aliphatic rings. The van der Waals surface area contributed by atoms with E-state index in [1.807, 2.05) is 21.7 Å². The van der Waals surface area contributed by atoms with Crippen molar-refractivity contribution >= 4 is 40.1 Å². The van der Waals surface area contributed by atoms with E-state index >= 15 is 0 Å². The van der Waals surface area contributed by atoms with Crippen molar-refractivity contribution in [2.24, 2.45) is 9.98 Å². The van der Waals surface area contributed by atoms with Crippen LogP contribution in [0.2, 0.25) is 5.02 Å². The number of ether oxygens (including phenoxy) is 1. The summed E-state index contributed by atoms with van der Waals surface area (Å²) in [6.07, 6.45) is 3.93. The molecular formula is C20H20ClN5OS2. The average molecular weight is 446 g/mol. The van der Waals surface area contributed by atoms with Gasteiger partial charge in [0.2, 0.25) is 6.19 Å². The Kier molecular flexibility index (Phi) is 6.52. The summed E-state index contributed by atoms with van der Waals surface area (Å²) in [7, 11) is 1.56. The van der Waals surface area contributed by atoms with Crippen molar-refractivity contribution in [2.75, 3.05) is 7.11 Å². The number of hydrogen-bond acceptors (Lipinski definition) is 6. The SMILES string of the molecule is COc1ccc(Cl)cc1C(/N=c1\sc(C(C)(C)C)cn1Cc1cscn1)=N\C#N. The first-order valence-electron chi connectivity index (χ1n) is 8.75. The second kappa shape index (κ2) is 8.91. The number of methoxy groups -OCH3 is 1. The van der Waals surface area contributed by atoms with Gasteiger partial charge in [-0.25, -0.2) is 4.98 Å². The maximum absolute atomic E-state index is 9.24. The summed E-state index contributed by atoms with van der Waals surface area (Å²) in [6, 6.07) is 5.15. The zero-order valence-corrected chi connectivity index (χ0v) is 18.9. The quantitative estimate of drug-likeness (QED) is 0.327. The molecule has 0 saturated carbocycles. The van der Waals surface area contributed by atoms with Gasteiger partial charge in [0.1, 0.15) is 5.75 Å². The number of hydrogen-bond donors (Lipinski definition) is 0. The topological polar surface area (TPSA) is 75.6 Å². The predicted molar refractivity (Wildman–Crippen MR) is 118 cm³/mol. The Labute approximate surface area is 182 Å². The van der Waals surface area contributed by atoms with Crippen molar-refractivity contribution in [1.82, 2.24) is 9.55 Å². The minimum atomic E-state index is -0.0391. The fraction of sp³-hybridized carbons (Fsp3) is 0.300. The van der Waals surface area contributed by atoms with E-state index in [1.165, 1.54) is 4.88 Å². The Morgan fingerprint density at radius 2 is 2.17 bits per heavy atom. The Morgan fingerprint density at radius 1 is 1.38 bits per heavy atom. The van der Waals surface area contributed by atoms with E-state index in [0.29, 0.717) is 22.9 Å². The number of benzene rings is 1. The molecule has 2 aromatic heterocycles. The molecule has 6 nitrogen and oxygen atoms in total. The first kappa shape index (κ1) is 21.2. The standard InChI is InChI=1S/C20H20ClN5OS2/c1-20(2,3)17-9-26(8-14-10-28-12-24-14)19(29-17)25-18(23-11-22)15-7-13(21)5-6-16(15)27-4/h5-7,9-10,12H,8H2,1-4H3/b23-18+,25-19-. The van der Waals surface area contributed by atoms with E-state index in [4.69, 9.17) is 21.3 Å². The van der Waals surface area contributed by atoms with E-state index in [9.17, 15) is 5.26 Å². The van der Waals surface area contributed by atoms with Crippen LogP contribution >= 0.6 is 34.3 Å². The lowest BCUT2D eigenvalue weighted by Crippen LogP contribution is -2.17. The number of amidine groups is 1. The summed E-state index contributed by atoms with van der Waals surface area (Å²) in [6.45, 7) is 7.04. The van der Waals surface area contributed by atoms with Crippen LogP contribution in [0, 0.1) is 11.5 Å². The number of aromatic nitrogens is 2. The molecule has 3 rings (SSSR count).